The van der Waals surface area contributed by atoms with Gasteiger partial charge in [-0.05, 0) is 99.5 Å². The van der Waals surface area contributed by atoms with E-state index in [0.29, 0.717) is 29.5 Å². The van der Waals surface area contributed by atoms with Gasteiger partial charge in [0.1, 0.15) is 5.78 Å². The van der Waals surface area contributed by atoms with E-state index in [9.17, 15) is 9.90 Å². The lowest BCUT2D eigenvalue weighted by Crippen LogP contribution is -2.51. The summed E-state index contributed by atoms with van der Waals surface area (Å²) in [5.74, 6) is 3.31. The van der Waals surface area contributed by atoms with E-state index >= 15 is 0 Å². The third-order valence-corrected chi connectivity index (χ3v) is 10.2. The molecule has 0 aromatic rings. The second kappa shape index (κ2) is 13.7. The highest BCUT2D eigenvalue weighted by Crippen LogP contribution is 2.48. The molecule has 1 N–H and O–H groups in total. The zero-order valence-corrected chi connectivity index (χ0v) is 24.4. The first-order valence-corrected chi connectivity index (χ1v) is 15.4. The molecule has 8 atom stereocenters. The number of allylic oxidation sites excluding steroid dienone is 3. The molecule has 1 saturated carbocycles. The van der Waals surface area contributed by atoms with Crippen LogP contribution in [0.3, 0.4) is 0 Å². The summed E-state index contributed by atoms with van der Waals surface area (Å²) in [6.07, 6.45) is 21.3. The van der Waals surface area contributed by atoms with Gasteiger partial charge in [-0.15, -0.1) is 0 Å². The zero-order chi connectivity index (χ0) is 26.3. The van der Waals surface area contributed by atoms with Crippen LogP contribution in [0.15, 0.2) is 24.3 Å². The van der Waals surface area contributed by atoms with Gasteiger partial charge in [0.2, 0.25) is 0 Å². The van der Waals surface area contributed by atoms with Crippen molar-refractivity contribution in [2.24, 2.45) is 40.9 Å². The van der Waals surface area contributed by atoms with Crippen LogP contribution in [0.5, 0.6) is 0 Å². The molecule has 0 aromatic heterocycles. The smallest absolute Gasteiger partial charge is 0.136 e. The fourth-order valence-corrected chi connectivity index (χ4v) is 7.55. The van der Waals surface area contributed by atoms with E-state index in [0.717, 1.165) is 37.1 Å². The maximum atomic E-state index is 12.8. The highest BCUT2D eigenvalue weighted by molar-refractivity contribution is 5.81. The Morgan fingerprint density at radius 2 is 1.81 bits per heavy atom. The molecule has 0 aromatic carbocycles. The normalized spacial score (nSPS) is 33.9. The third kappa shape index (κ3) is 8.29. The molecule has 3 aliphatic rings. The van der Waals surface area contributed by atoms with Crippen LogP contribution in [-0.4, -0.2) is 41.0 Å². The minimum Gasteiger partial charge on any atom is -0.389 e. The molecular formula is C33H57NO2. The number of Topliss-reactive ketones (excluding diaryl/α,β-unsaturated/α-hetero) is 1. The maximum Gasteiger partial charge on any atom is 0.136 e. The quantitative estimate of drug-likeness (QED) is 0.294. The van der Waals surface area contributed by atoms with Gasteiger partial charge in [0.25, 0.3) is 0 Å². The summed E-state index contributed by atoms with van der Waals surface area (Å²) >= 11 is 0. The monoisotopic (exact) mass is 499 g/mol. The summed E-state index contributed by atoms with van der Waals surface area (Å²) in [6.45, 7) is 16.9. The van der Waals surface area contributed by atoms with E-state index in [2.05, 4.69) is 64.7 Å². The molecule has 0 radical (unpaired) electrons. The van der Waals surface area contributed by atoms with Crippen LogP contribution < -0.4 is 0 Å². The molecule has 3 rings (SSSR count). The Balaban J connectivity index is 1.42. The van der Waals surface area contributed by atoms with Crippen molar-refractivity contribution in [1.82, 2.24) is 4.90 Å². The number of piperidine rings is 1. The van der Waals surface area contributed by atoms with Crippen LogP contribution >= 0.6 is 0 Å². The largest absolute Gasteiger partial charge is 0.389 e. The van der Waals surface area contributed by atoms with E-state index in [1.54, 1.807) is 0 Å². The van der Waals surface area contributed by atoms with Crippen LogP contribution in [-0.2, 0) is 4.79 Å². The number of ketones is 1. The predicted molar refractivity (Wildman–Crippen MR) is 153 cm³/mol. The van der Waals surface area contributed by atoms with Crippen molar-refractivity contribution in [3.8, 4) is 0 Å². The summed E-state index contributed by atoms with van der Waals surface area (Å²) in [4.78, 5) is 15.6. The first kappa shape index (κ1) is 29.6. The molecule has 0 amide bonds. The standard InChI is InChI=1S/C33H57NO2/c1-24(11-10-12-25(2)23-32(36)26(3)28-14-16-29(35)17-15-28)13-18-30-27(4)31(19-20-33(30,5)6)34-21-8-7-9-22-34/h10,12,14,16,24-31,35H,7-9,11,13,15,17-23H2,1-6H3. The Bertz CT molecular complexity index is 734. The Kier molecular flexibility index (Phi) is 11.3. The molecular weight excluding hydrogens is 442 g/mol. The first-order valence-electron chi connectivity index (χ1n) is 15.4. The fraction of sp³-hybridized carbons (Fsp3) is 0.848. The van der Waals surface area contributed by atoms with Crippen molar-refractivity contribution in [2.75, 3.05) is 13.1 Å². The first-order chi connectivity index (χ1) is 17.1. The fourth-order valence-electron chi connectivity index (χ4n) is 7.55. The number of likely N-dealkylation sites (tertiary alicyclic amines) is 1. The summed E-state index contributed by atoms with van der Waals surface area (Å²) in [5, 5.41) is 9.67. The summed E-state index contributed by atoms with van der Waals surface area (Å²) < 4.78 is 0. The van der Waals surface area contributed by atoms with Crippen LogP contribution in [0.4, 0.5) is 0 Å². The molecule has 2 fully saturated rings. The van der Waals surface area contributed by atoms with Gasteiger partial charge in [-0.25, -0.2) is 0 Å². The molecule has 0 spiro atoms. The van der Waals surface area contributed by atoms with Gasteiger partial charge in [0.15, 0.2) is 0 Å². The number of hydrogen-bond acceptors (Lipinski definition) is 3. The molecule has 1 heterocycles. The van der Waals surface area contributed by atoms with E-state index in [4.69, 9.17) is 0 Å². The van der Waals surface area contributed by atoms with E-state index in [-0.39, 0.29) is 17.9 Å². The van der Waals surface area contributed by atoms with Crippen molar-refractivity contribution < 1.29 is 9.90 Å². The van der Waals surface area contributed by atoms with Crippen molar-refractivity contribution in [2.45, 2.75) is 124 Å². The molecule has 1 saturated heterocycles. The van der Waals surface area contributed by atoms with Crippen molar-refractivity contribution in [3.63, 3.8) is 0 Å². The van der Waals surface area contributed by atoms with Crippen LogP contribution in [0, 0.1) is 40.9 Å². The number of aliphatic hydroxyl groups excluding tert-OH is 1. The molecule has 36 heavy (non-hydrogen) atoms. The second-order valence-electron chi connectivity index (χ2n) is 13.6. The molecule has 1 aliphatic heterocycles. The lowest BCUT2D eigenvalue weighted by atomic mass is 9.60. The highest BCUT2D eigenvalue weighted by atomic mass is 16.3. The van der Waals surface area contributed by atoms with Gasteiger partial charge in [-0.2, -0.15) is 0 Å². The minimum atomic E-state index is -0.323. The Labute approximate surface area is 223 Å². The lowest BCUT2D eigenvalue weighted by molar-refractivity contribution is -0.124. The van der Waals surface area contributed by atoms with E-state index in [1.165, 1.54) is 58.0 Å². The number of nitrogens with zero attached hydrogens (tertiary/aromatic N) is 1. The van der Waals surface area contributed by atoms with Gasteiger partial charge in [-0.3, -0.25) is 4.79 Å². The van der Waals surface area contributed by atoms with E-state index < -0.39 is 0 Å². The van der Waals surface area contributed by atoms with Gasteiger partial charge >= 0.3 is 0 Å². The number of hydrogen-bond donors (Lipinski definition) is 1. The minimum absolute atomic E-state index is 0.0538. The Hall–Kier alpha value is -0.930. The van der Waals surface area contributed by atoms with Gasteiger partial charge in [0, 0.05) is 18.4 Å². The third-order valence-electron chi connectivity index (χ3n) is 10.2. The Morgan fingerprint density at radius 3 is 2.47 bits per heavy atom. The molecule has 3 nitrogen and oxygen atoms in total. The summed E-state index contributed by atoms with van der Waals surface area (Å²) in [6, 6.07) is 0.800. The molecule has 3 heteroatoms. The molecule has 0 bridgehead atoms. The van der Waals surface area contributed by atoms with Crippen LogP contribution in [0.2, 0.25) is 0 Å². The lowest BCUT2D eigenvalue weighted by Gasteiger charge is -2.51. The molecule has 8 unspecified atom stereocenters. The average Bonchev–Trinajstić information content (AvgIpc) is 2.84. The summed E-state index contributed by atoms with van der Waals surface area (Å²) in [5.41, 5.74) is 0.457. The van der Waals surface area contributed by atoms with E-state index in [1.807, 2.05) is 6.08 Å². The zero-order valence-electron chi connectivity index (χ0n) is 24.4. The second-order valence-corrected chi connectivity index (χ2v) is 13.6. The van der Waals surface area contributed by atoms with Crippen molar-refractivity contribution in [3.05, 3.63) is 24.3 Å². The van der Waals surface area contributed by atoms with Crippen molar-refractivity contribution >= 4 is 5.78 Å². The highest BCUT2D eigenvalue weighted by Gasteiger charge is 2.43. The van der Waals surface area contributed by atoms with Crippen molar-refractivity contribution in [1.29, 1.82) is 0 Å². The van der Waals surface area contributed by atoms with Gasteiger partial charge in [0.05, 0.1) is 6.10 Å². The van der Waals surface area contributed by atoms with Crippen LogP contribution in [0.1, 0.15) is 112 Å². The number of aliphatic hydroxyl groups is 1. The van der Waals surface area contributed by atoms with Gasteiger partial charge < -0.3 is 10.0 Å². The topological polar surface area (TPSA) is 40.5 Å². The Morgan fingerprint density at radius 1 is 1.08 bits per heavy atom. The van der Waals surface area contributed by atoms with Gasteiger partial charge in [-0.1, -0.05) is 78.7 Å². The predicted octanol–water partition coefficient (Wildman–Crippen LogP) is 7.83. The number of carbonyl (C=O) groups is 1. The molecule has 2 aliphatic carbocycles. The average molecular weight is 500 g/mol. The molecule has 206 valence electrons. The SMILES string of the molecule is CC(C=CCC(C)CCC1C(C)C(N2CCCCC2)CCC1(C)C)CC(=O)C(C)C1C=CC(O)CC1. The maximum absolute atomic E-state index is 12.8. The number of rotatable bonds is 11. The number of carbonyl (C=O) groups excluding carboxylic acids is 1. The summed E-state index contributed by atoms with van der Waals surface area (Å²) in [7, 11) is 0. The van der Waals surface area contributed by atoms with Crippen LogP contribution in [0.25, 0.3) is 0 Å².